The van der Waals surface area contributed by atoms with Crippen LogP contribution in [0.5, 0.6) is 0 Å². The van der Waals surface area contributed by atoms with Gasteiger partial charge < -0.3 is 10.2 Å². The summed E-state index contributed by atoms with van der Waals surface area (Å²) in [6, 6.07) is 10.1. The van der Waals surface area contributed by atoms with E-state index >= 15 is 0 Å². The first-order chi connectivity index (χ1) is 12.7. The van der Waals surface area contributed by atoms with Gasteiger partial charge >= 0.3 is 0 Å². The highest BCUT2D eigenvalue weighted by Crippen LogP contribution is 2.18. The van der Waals surface area contributed by atoms with E-state index in [1.807, 2.05) is 30.3 Å². The van der Waals surface area contributed by atoms with Gasteiger partial charge in [0.25, 0.3) is 0 Å². The van der Waals surface area contributed by atoms with Crippen molar-refractivity contribution in [1.29, 1.82) is 0 Å². The number of hydrogen-bond donors (Lipinski definition) is 1. The average Bonchev–Trinajstić information content (AvgIpc) is 3.46. The van der Waals surface area contributed by atoms with Crippen LogP contribution in [-0.4, -0.2) is 73.5 Å². The Balaban J connectivity index is 1.45. The SMILES string of the molecule is C=CCN(C(=O)CN1CCN(CC(=O)NC2CC2)CC1)c1ccccc1. The number of nitrogens with zero attached hydrogens (tertiary/aromatic N) is 3. The largest absolute Gasteiger partial charge is 0.352 e. The van der Waals surface area contributed by atoms with Gasteiger partial charge in [-0.05, 0) is 25.0 Å². The minimum atomic E-state index is 0.0797. The van der Waals surface area contributed by atoms with Crippen LogP contribution >= 0.6 is 0 Å². The number of anilines is 1. The summed E-state index contributed by atoms with van der Waals surface area (Å²) < 4.78 is 0. The first kappa shape index (κ1) is 18.6. The molecule has 26 heavy (non-hydrogen) atoms. The molecule has 1 aliphatic carbocycles. The molecular formula is C20H28N4O2. The van der Waals surface area contributed by atoms with Crippen molar-refractivity contribution in [1.82, 2.24) is 15.1 Å². The maximum absolute atomic E-state index is 12.7. The summed E-state index contributed by atoms with van der Waals surface area (Å²) in [7, 11) is 0. The average molecular weight is 356 g/mol. The quantitative estimate of drug-likeness (QED) is 0.709. The fourth-order valence-electron chi connectivity index (χ4n) is 3.17. The fourth-order valence-corrected chi connectivity index (χ4v) is 3.17. The van der Waals surface area contributed by atoms with Gasteiger partial charge in [-0.15, -0.1) is 6.58 Å². The second kappa shape index (κ2) is 8.96. The van der Waals surface area contributed by atoms with Crippen LogP contribution in [0.25, 0.3) is 0 Å². The second-order valence-corrected chi connectivity index (χ2v) is 7.02. The predicted octanol–water partition coefficient (Wildman–Crippen LogP) is 1.10. The standard InChI is InChI=1S/C20H28N4O2/c1-2-10-24(18-6-4-3-5-7-18)20(26)16-23-13-11-22(12-14-23)15-19(25)21-17-8-9-17/h2-7,17H,1,8-16H2,(H,21,25). The number of para-hydroxylation sites is 1. The van der Waals surface area contributed by atoms with Crippen molar-refractivity contribution < 1.29 is 9.59 Å². The monoisotopic (exact) mass is 356 g/mol. The van der Waals surface area contributed by atoms with Crippen molar-refractivity contribution in [2.45, 2.75) is 18.9 Å². The molecule has 0 bridgehead atoms. The number of amides is 2. The number of hydrogen-bond acceptors (Lipinski definition) is 4. The molecule has 6 nitrogen and oxygen atoms in total. The third-order valence-electron chi connectivity index (χ3n) is 4.81. The Morgan fingerprint density at radius 3 is 2.27 bits per heavy atom. The molecule has 140 valence electrons. The zero-order chi connectivity index (χ0) is 18.4. The zero-order valence-corrected chi connectivity index (χ0v) is 15.3. The highest BCUT2D eigenvalue weighted by atomic mass is 16.2. The lowest BCUT2D eigenvalue weighted by molar-refractivity contribution is -0.124. The van der Waals surface area contributed by atoms with Crippen molar-refractivity contribution in [2.24, 2.45) is 0 Å². The Hall–Kier alpha value is -2.18. The van der Waals surface area contributed by atoms with E-state index in [9.17, 15) is 9.59 Å². The lowest BCUT2D eigenvalue weighted by atomic mass is 10.2. The van der Waals surface area contributed by atoms with Gasteiger partial charge in [0.2, 0.25) is 11.8 Å². The van der Waals surface area contributed by atoms with Crippen molar-refractivity contribution >= 4 is 17.5 Å². The molecule has 1 N–H and O–H groups in total. The molecule has 1 aromatic carbocycles. The third kappa shape index (κ3) is 5.41. The molecule has 0 atom stereocenters. The Kier molecular flexibility index (Phi) is 6.41. The molecular weight excluding hydrogens is 328 g/mol. The molecule has 2 aliphatic rings. The van der Waals surface area contributed by atoms with Crippen LogP contribution in [-0.2, 0) is 9.59 Å². The van der Waals surface area contributed by atoms with E-state index in [0.717, 1.165) is 44.7 Å². The number of rotatable bonds is 8. The van der Waals surface area contributed by atoms with Gasteiger partial charge in [-0.2, -0.15) is 0 Å². The number of piperazine rings is 1. The van der Waals surface area contributed by atoms with Crippen LogP contribution in [0, 0.1) is 0 Å². The normalized spacial score (nSPS) is 18.3. The second-order valence-electron chi connectivity index (χ2n) is 7.02. The van der Waals surface area contributed by atoms with Crippen LogP contribution in [0.15, 0.2) is 43.0 Å². The van der Waals surface area contributed by atoms with Gasteiger partial charge in [-0.1, -0.05) is 24.3 Å². The van der Waals surface area contributed by atoms with E-state index in [1.165, 1.54) is 0 Å². The molecule has 0 aromatic heterocycles. The minimum Gasteiger partial charge on any atom is -0.352 e. The summed E-state index contributed by atoms with van der Waals surface area (Å²) in [5.74, 6) is 0.203. The van der Waals surface area contributed by atoms with Crippen LogP contribution in [0.1, 0.15) is 12.8 Å². The van der Waals surface area contributed by atoms with E-state index in [2.05, 4.69) is 21.7 Å². The summed E-state index contributed by atoms with van der Waals surface area (Å²) in [4.78, 5) is 30.7. The molecule has 1 aromatic rings. The first-order valence-electron chi connectivity index (χ1n) is 9.36. The molecule has 6 heteroatoms. The maximum atomic E-state index is 12.7. The van der Waals surface area contributed by atoms with E-state index in [-0.39, 0.29) is 11.8 Å². The molecule has 1 saturated carbocycles. The number of benzene rings is 1. The third-order valence-corrected chi connectivity index (χ3v) is 4.81. The molecule has 0 radical (unpaired) electrons. The van der Waals surface area contributed by atoms with Crippen LogP contribution in [0.3, 0.4) is 0 Å². The lowest BCUT2D eigenvalue weighted by Crippen LogP contribution is -2.52. The van der Waals surface area contributed by atoms with Gasteiger partial charge in [0, 0.05) is 44.5 Å². The summed E-state index contributed by atoms with van der Waals surface area (Å²) in [6.45, 7) is 8.37. The molecule has 0 unspecified atom stereocenters. The zero-order valence-electron chi connectivity index (χ0n) is 15.3. The Labute approximate surface area is 155 Å². The molecule has 3 rings (SSSR count). The number of carbonyl (C=O) groups is 2. The van der Waals surface area contributed by atoms with Crippen molar-refractivity contribution in [3.8, 4) is 0 Å². The van der Waals surface area contributed by atoms with Gasteiger partial charge in [-0.3, -0.25) is 19.4 Å². The highest BCUT2D eigenvalue weighted by Gasteiger charge is 2.26. The number of carbonyl (C=O) groups excluding carboxylic acids is 2. The Bertz CT molecular complexity index is 622. The summed E-state index contributed by atoms with van der Waals surface area (Å²) in [5.41, 5.74) is 0.896. The Morgan fingerprint density at radius 1 is 1.08 bits per heavy atom. The van der Waals surface area contributed by atoms with Crippen molar-refractivity contribution in [3.05, 3.63) is 43.0 Å². The van der Waals surface area contributed by atoms with E-state index in [1.54, 1.807) is 11.0 Å². The summed E-state index contributed by atoms with van der Waals surface area (Å²) in [5, 5.41) is 3.03. The van der Waals surface area contributed by atoms with E-state index < -0.39 is 0 Å². The van der Waals surface area contributed by atoms with Crippen molar-refractivity contribution in [3.63, 3.8) is 0 Å². The predicted molar refractivity (Wildman–Crippen MR) is 103 cm³/mol. The number of nitrogens with one attached hydrogen (secondary N) is 1. The van der Waals surface area contributed by atoms with Crippen LogP contribution in [0.2, 0.25) is 0 Å². The van der Waals surface area contributed by atoms with Gasteiger partial charge in [-0.25, -0.2) is 0 Å². The van der Waals surface area contributed by atoms with Crippen molar-refractivity contribution in [2.75, 3.05) is 50.7 Å². The fraction of sp³-hybridized carbons (Fsp3) is 0.500. The smallest absolute Gasteiger partial charge is 0.241 e. The minimum absolute atomic E-state index is 0.0797. The molecule has 1 heterocycles. The lowest BCUT2D eigenvalue weighted by Gasteiger charge is -2.35. The van der Waals surface area contributed by atoms with Crippen LogP contribution < -0.4 is 10.2 Å². The van der Waals surface area contributed by atoms with Crippen LogP contribution in [0.4, 0.5) is 5.69 Å². The summed E-state index contributed by atoms with van der Waals surface area (Å²) >= 11 is 0. The van der Waals surface area contributed by atoms with E-state index in [0.29, 0.717) is 25.7 Å². The molecule has 2 amide bonds. The van der Waals surface area contributed by atoms with Gasteiger partial charge in [0.15, 0.2) is 0 Å². The van der Waals surface area contributed by atoms with Gasteiger partial charge in [0.1, 0.15) is 0 Å². The molecule has 1 saturated heterocycles. The highest BCUT2D eigenvalue weighted by molar-refractivity contribution is 5.95. The molecule has 2 fully saturated rings. The Morgan fingerprint density at radius 2 is 1.69 bits per heavy atom. The topological polar surface area (TPSA) is 55.9 Å². The molecule has 0 spiro atoms. The first-order valence-corrected chi connectivity index (χ1v) is 9.36. The van der Waals surface area contributed by atoms with E-state index in [4.69, 9.17) is 0 Å². The molecule has 1 aliphatic heterocycles. The summed E-state index contributed by atoms with van der Waals surface area (Å²) in [6.07, 6.45) is 3.98. The maximum Gasteiger partial charge on any atom is 0.241 e. The van der Waals surface area contributed by atoms with Gasteiger partial charge in [0.05, 0.1) is 13.1 Å².